The molecule has 0 bridgehead atoms. The summed E-state index contributed by atoms with van der Waals surface area (Å²) in [6.45, 7) is 3.68. The molecule has 1 aliphatic heterocycles. The van der Waals surface area contributed by atoms with Crippen molar-refractivity contribution in [3.63, 3.8) is 0 Å². The van der Waals surface area contributed by atoms with E-state index < -0.39 is 0 Å². The average Bonchev–Trinajstić information content (AvgIpc) is 2.28. The molecule has 1 N–H and O–H groups in total. The SMILES string of the molecule is C=C1C=Cc2cc(OC)c(O)c(OC)c2O1. The van der Waals surface area contributed by atoms with Gasteiger partial charge in [0.15, 0.2) is 11.5 Å². The second-order valence-electron chi connectivity index (χ2n) is 3.28. The van der Waals surface area contributed by atoms with Crippen molar-refractivity contribution in [2.45, 2.75) is 0 Å². The van der Waals surface area contributed by atoms with Gasteiger partial charge in [-0.15, -0.1) is 0 Å². The maximum Gasteiger partial charge on any atom is 0.208 e. The van der Waals surface area contributed by atoms with Crippen molar-refractivity contribution in [1.82, 2.24) is 0 Å². The van der Waals surface area contributed by atoms with Crippen LogP contribution in [0.4, 0.5) is 0 Å². The zero-order valence-electron chi connectivity index (χ0n) is 9.11. The fourth-order valence-corrected chi connectivity index (χ4v) is 1.55. The highest BCUT2D eigenvalue weighted by molar-refractivity contribution is 5.73. The number of fused-ring (bicyclic) bond motifs is 1. The van der Waals surface area contributed by atoms with Gasteiger partial charge in [0.2, 0.25) is 11.5 Å². The van der Waals surface area contributed by atoms with Crippen LogP contribution >= 0.6 is 0 Å². The van der Waals surface area contributed by atoms with E-state index in [1.165, 1.54) is 14.2 Å². The summed E-state index contributed by atoms with van der Waals surface area (Å²) in [6, 6.07) is 1.68. The Hall–Kier alpha value is -2.10. The molecule has 1 aromatic carbocycles. The Morgan fingerprint density at radius 3 is 2.62 bits per heavy atom. The number of benzene rings is 1. The monoisotopic (exact) mass is 220 g/mol. The van der Waals surface area contributed by atoms with Crippen molar-refractivity contribution in [2.24, 2.45) is 0 Å². The number of ether oxygens (including phenoxy) is 3. The van der Waals surface area contributed by atoms with Gasteiger partial charge in [0.05, 0.1) is 14.2 Å². The van der Waals surface area contributed by atoms with Crippen LogP contribution in [0.5, 0.6) is 23.0 Å². The highest BCUT2D eigenvalue weighted by Crippen LogP contribution is 2.48. The third-order valence-corrected chi connectivity index (χ3v) is 2.31. The molecule has 0 fully saturated rings. The lowest BCUT2D eigenvalue weighted by molar-refractivity contribution is 0.320. The van der Waals surface area contributed by atoms with Gasteiger partial charge in [-0.05, 0) is 18.2 Å². The molecule has 1 heterocycles. The van der Waals surface area contributed by atoms with E-state index in [-0.39, 0.29) is 11.5 Å². The van der Waals surface area contributed by atoms with Gasteiger partial charge in [0.1, 0.15) is 5.76 Å². The van der Waals surface area contributed by atoms with Crippen LogP contribution in [0.1, 0.15) is 5.56 Å². The molecule has 2 rings (SSSR count). The summed E-state index contributed by atoms with van der Waals surface area (Å²) in [5.41, 5.74) is 0.777. The van der Waals surface area contributed by atoms with Crippen LogP contribution < -0.4 is 14.2 Å². The highest BCUT2D eigenvalue weighted by atomic mass is 16.5. The zero-order chi connectivity index (χ0) is 11.7. The number of aromatic hydroxyl groups is 1. The Balaban J connectivity index is 2.67. The summed E-state index contributed by atoms with van der Waals surface area (Å²) in [7, 11) is 2.94. The van der Waals surface area contributed by atoms with Crippen molar-refractivity contribution >= 4 is 6.08 Å². The van der Waals surface area contributed by atoms with Crippen molar-refractivity contribution < 1.29 is 19.3 Å². The molecule has 0 saturated heterocycles. The first-order valence-electron chi connectivity index (χ1n) is 4.70. The number of hydrogen-bond donors (Lipinski definition) is 1. The summed E-state index contributed by atoms with van der Waals surface area (Å²) >= 11 is 0. The van der Waals surface area contributed by atoms with E-state index in [0.717, 1.165) is 5.56 Å². The molecule has 0 radical (unpaired) electrons. The highest BCUT2D eigenvalue weighted by Gasteiger charge is 2.21. The second kappa shape index (κ2) is 3.81. The first kappa shape index (κ1) is 10.4. The van der Waals surface area contributed by atoms with E-state index in [4.69, 9.17) is 14.2 Å². The van der Waals surface area contributed by atoms with Crippen LogP contribution in [0, 0.1) is 0 Å². The van der Waals surface area contributed by atoms with Crippen LogP contribution in [-0.2, 0) is 0 Å². The number of phenolic OH excluding ortho intramolecular Hbond substituents is 1. The van der Waals surface area contributed by atoms with Crippen molar-refractivity contribution in [1.29, 1.82) is 0 Å². The quantitative estimate of drug-likeness (QED) is 0.830. The van der Waals surface area contributed by atoms with Gasteiger partial charge in [-0.2, -0.15) is 0 Å². The molecular formula is C12H12O4. The minimum Gasteiger partial charge on any atom is -0.502 e. The number of allylic oxidation sites excluding steroid dienone is 1. The molecule has 4 nitrogen and oxygen atoms in total. The van der Waals surface area contributed by atoms with Gasteiger partial charge < -0.3 is 19.3 Å². The van der Waals surface area contributed by atoms with Crippen molar-refractivity contribution in [3.05, 3.63) is 30.0 Å². The third-order valence-electron chi connectivity index (χ3n) is 2.31. The molecule has 84 valence electrons. The van der Waals surface area contributed by atoms with Gasteiger partial charge in [-0.3, -0.25) is 0 Å². The van der Waals surface area contributed by atoms with E-state index >= 15 is 0 Å². The second-order valence-corrected chi connectivity index (χ2v) is 3.28. The standard InChI is InChI=1S/C12H12O4/c1-7-4-5-8-6-9(14-2)10(13)12(15-3)11(8)16-7/h4-6,13H,1H2,2-3H3. The zero-order valence-corrected chi connectivity index (χ0v) is 9.11. The fourth-order valence-electron chi connectivity index (χ4n) is 1.55. The smallest absolute Gasteiger partial charge is 0.208 e. The number of rotatable bonds is 2. The van der Waals surface area contributed by atoms with Gasteiger partial charge in [0, 0.05) is 5.56 Å². The van der Waals surface area contributed by atoms with Crippen LogP contribution in [0.15, 0.2) is 24.5 Å². The van der Waals surface area contributed by atoms with Crippen molar-refractivity contribution in [3.8, 4) is 23.0 Å². The number of phenols is 1. The molecule has 0 aliphatic carbocycles. The molecule has 4 heteroatoms. The van der Waals surface area contributed by atoms with E-state index in [2.05, 4.69) is 6.58 Å². The van der Waals surface area contributed by atoms with Crippen LogP contribution in [0.2, 0.25) is 0 Å². The molecule has 0 aromatic heterocycles. The summed E-state index contributed by atoms with van der Waals surface area (Å²) in [6.07, 6.45) is 3.56. The normalized spacial score (nSPS) is 13.0. The van der Waals surface area contributed by atoms with Crippen LogP contribution in [-0.4, -0.2) is 19.3 Å². The Bertz CT molecular complexity index is 474. The first-order valence-corrected chi connectivity index (χ1v) is 4.70. The van der Waals surface area contributed by atoms with Gasteiger partial charge >= 0.3 is 0 Å². The number of hydrogen-bond acceptors (Lipinski definition) is 4. The molecule has 0 unspecified atom stereocenters. The first-order chi connectivity index (χ1) is 7.67. The van der Waals surface area contributed by atoms with Gasteiger partial charge in [0.25, 0.3) is 0 Å². The Morgan fingerprint density at radius 1 is 1.25 bits per heavy atom. The average molecular weight is 220 g/mol. The predicted molar refractivity (Wildman–Crippen MR) is 60.0 cm³/mol. The summed E-state index contributed by atoms with van der Waals surface area (Å²) in [5.74, 6) is 1.46. The van der Waals surface area contributed by atoms with Crippen LogP contribution in [0.25, 0.3) is 6.08 Å². The molecule has 16 heavy (non-hydrogen) atoms. The van der Waals surface area contributed by atoms with E-state index in [1.807, 2.05) is 6.08 Å². The lowest BCUT2D eigenvalue weighted by atomic mass is 10.1. The third kappa shape index (κ3) is 1.48. The minimum absolute atomic E-state index is 0.0770. The van der Waals surface area contributed by atoms with Crippen molar-refractivity contribution in [2.75, 3.05) is 14.2 Å². The Labute approximate surface area is 93.4 Å². The topological polar surface area (TPSA) is 47.9 Å². The number of methoxy groups -OCH3 is 2. The molecule has 1 aromatic rings. The molecule has 1 aliphatic rings. The predicted octanol–water partition coefficient (Wildman–Crippen LogP) is 2.33. The Kier molecular flexibility index (Phi) is 2.48. The Morgan fingerprint density at radius 2 is 2.00 bits per heavy atom. The summed E-state index contributed by atoms with van der Waals surface area (Å²) in [5, 5.41) is 9.85. The van der Waals surface area contributed by atoms with E-state index in [1.54, 1.807) is 12.1 Å². The van der Waals surface area contributed by atoms with Crippen LogP contribution in [0.3, 0.4) is 0 Å². The fraction of sp³-hybridized carbons (Fsp3) is 0.167. The molecule has 0 saturated carbocycles. The van der Waals surface area contributed by atoms with Gasteiger partial charge in [-0.1, -0.05) is 6.58 Å². The minimum atomic E-state index is -0.0770. The molecular weight excluding hydrogens is 208 g/mol. The maximum atomic E-state index is 9.85. The van der Waals surface area contributed by atoms with Gasteiger partial charge in [-0.25, -0.2) is 0 Å². The largest absolute Gasteiger partial charge is 0.502 e. The van der Waals surface area contributed by atoms with E-state index in [9.17, 15) is 5.11 Å². The summed E-state index contributed by atoms with van der Waals surface area (Å²) < 4.78 is 15.6. The van der Waals surface area contributed by atoms with E-state index in [0.29, 0.717) is 17.3 Å². The molecule has 0 spiro atoms. The summed E-state index contributed by atoms with van der Waals surface area (Å²) in [4.78, 5) is 0. The maximum absolute atomic E-state index is 9.85. The molecule has 0 amide bonds. The molecule has 0 atom stereocenters. The lowest BCUT2D eigenvalue weighted by Crippen LogP contribution is -2.01. The lowest BCUT2D eigenvalue weighted by Gasteiger charge is -2.19.